The maximum absolute atomic E-state index is 12.7. The van der Waals surface area contributed by atoms with Gasteiger partial charge in [0.2, 0.25) is 5.95 Å². The van der Waals surface area contributed by atoms with Crippen LogP contribution in [0.25, 0.3) is 22.2 Å². The van der Waals surface area contributed by atoms with Gasteiger partial charge in [0.15, 0.2) is 0 Å². The van der Waals surface area contributed by atoms with Crippen molar-refractivity contribution in [2.24, 2.45) is 7.05 Å². The summed E-state index contributed by atoms with van der Waals surface area (Å²) in [4.78, 5) is 27.7. The normalized spacial score (nSPS) is 10.9. The van der Waals surface area contributed by atoms with E-state index >= 15 is 0 Å². The van der Waals surface area contributed by atoms with E-state index in [0.717, 1.165) is 10.9 Å². The standard InChI is InChI=1S/C21H18BrN5O2/c1-26(2)21-24-12-16(20(28)27(21)3)18-6-4-13-10-14(5-7-17(13)25-18)29-15-8-9-23-19(22)11-15/h4-12H,1-3H3. The zero-order valence-corrected chi connectivity index (χ0v) is 17.7. The van der Waals surface area contributed by atoms with Crippen LogP contribution < -0.4 is 15.2 Å². The van der Waals surface area contributed by atoms with Gasteiger partial charge in [-0.05, 0) is 46.3 Å². The molecule has 1 aromatic carbocycles. The third-order valence-corrected chi connectivity index (χ3v) is 4.85. The highest BCUT2D eigenvalue weighted by atomic mass is 79.9. The van der Waals surface area contributed by atoms with E-state index < -0.39 is 0 Å². The van der Waals surface area contributed by atoms with Crippen molar-refractivity contribution >= 4 is 32.8 Å². The molecule has 0 N–H and O–H groups in total. The highest BCUT2D eigenvalue weighted by Crippen LogP contribution is 2.27. The first-order valence-electron chi connectivity index (χ1n) is 8.86. The van der Waals surface area contributed by atoms with Crippen LogP contribution in [0.15, 0.2) is 64.3 Å². The minimum Gasteiger partial charge on any atom is -0.457 e. The van der Waals surface area contributed by atoms with Gasteiger partial charge in [0, 0.05) is 45.0 Å². The Morgan fingerprint density at radius 1 is 1.03 bits per heavy atom. The van der Waals surface area contributed by atoms with E-state index in [1.54, 1.807) is 36.5 Å². The molecule has 8 heteroatoms. The van der Waals surface area contributed by atoms with Crippen LogP contribution >= 0.6 is 15.9 Å². The van der Waals surface area contributed by atoms with Crippen molar-refractivity contribution in [3.8, 4) is 22.8 Å². The van der Waals surface area contributed by atoms with Crippen molar-refractivity contribution in [3.05, 3.63) is 69.8 Å². The van der Waals surface area contributed by atoms with Crippen LogP contribution in [0.3, 0.4) is 0 Å². The van der Waals surface area contributed by atoms with Gasteiger partial charge in [-0.2, -0.15) is 0 Å². The van der Waals surface area contributed by atoms with Crippen LogP contribution in [-0.2, 0) is 7.05 Å². The van der Waals surface area contributed by atoms with Gasteiger partial charge < -0.3 is 9.64 Å². The topological polar surface area (TPSA) is 73.1 Å². The summed E-state index contributed by atoms with van der Waals surface area (Å²) in [6.07, 6.45) is 3.25. The minimum absolute atomic E-state index is 0.140. The lowest BCUT2D eigenvalue weighted by molar-refractivity contribution is 0.482. The second-order valence-electron chi connectivity index (χ2n) is 6.70. The lowest BCUT2D eigenvalue weighted by atomic mass is 10.1. The molecule has 0 aliphatic carbocycles. The third kappa shape index (κ3) is 3.84. The first kappa shape index (κ1) is 19.1. The Labute approximate surface area is 175 Å². The molecule has 3 heterocycles. The smallest absolute Gasteiger partial charge is 0.264 e. The number of rotatable bonds is 4. The number of fused-ring (bicyclic) bond motifs is 1. The summed E-state index contributed by atoms with van der Waals surface area (Å²) < 4.78 is 8.11. The summed E-state index contributed by atoms with van der Waals surface area (Å²) in [5.41, 5.74) is 1.67. The van der Waals surface area contributed by atoms with E-state index in [0.29, 0.717) is 33.3 Å². The minimum atomic E-state index is -0.140. The summed E-state index contributed by atoms with van der Waals surface area (Å²) in [6.45, 7) is 0. The molecule has 0 amide bonds. The van der Waals surface area contributed by atoms with Crippen LogP contribution in [0.4, 0.5) is 5.95 Å². The monoisotopic (exact) mass is 451 g/mol. The van der Waals surface area contributed by atoms with Gasteiger partial charge in [-0.25, -0.2) is 15.0 Å². The molecule has 3 aromatic heterocycles. The predicted molar refractivity (Wildman–Crippen MR) is 117 cm³/mol. The maximum atomic E-state index is 12.7. The lowest BCUT2D eigenvalue weighted by Crippen LogP contribution is -2.27. The van der Waals surface area contributed by atoms with Gasteiger partial charge in [-0.3, -0.25) is 9.36 Å². The Hall–Kier alpha value is -3.26. The Morgan fingerprint density at radius 3 is 2.59 bits per heavy atom. The van der Waals surface area contributed by atoms with E-state index in [9.17, 15) is 4.79 Å². The molecule has 0 unspecified atom stereocenters. The summed E-state index contributed by atoms with van der Waals surface area (Å²) >= 11 is 3.33. The Bertz CT molecular complexity index is 1270. The van der Waals surface area contributed by atoms with Gasteiger partial charge in [-0.15, -0.1) is 0 Å². The zero-order valence-electron chi connectivity index (χ0n) is 16.1. The second kappa shape index (κ2) is 7.63. The van der Waals surface area contributed by atoms with E-state index in [1.807, 2.05) is 44.4 Å². The molecule has 0 aliphatic rings. The Kier molecular flexibility index (Phi) is 5.02. The molecule has 0 saturated heterocycles. The molecule has 0 saturated carbocycles. The number of halogens is 1. The van der Waals surface area contributed by atoms with Crippen LogP contribution in [0, 0.1) is 0 Å². The van der Waals surface area contributed by atoms with Gasteiger partial charge in [0.05, 0.1) is 16.8 Å². The molecule has 0 atom stereocenters. The van der Waals surface area contributed by atoms with E-state index in [1.165, 1.54) is 4.57 Å². The third-order valence-electron chi connectivity index (χ3n) is 4.41. The summed E-state index contributed by atoms with van der Waals surface area (Å²) in [7, 11) is 5.40. The van der Waals surface area contributed by atoms with Crippen LogP contribution in [-0.4, -0.2) is 33.6 Å². The number of hydrogen-bond donors (Lipinski definition) is 0. The fourth-order valence-electron chi connectivity index (χ4n) is 3.03. The molecule has 4 rings (SSSR count). The highest BCUT2D eigenvalue weighted by Gasteiger charge is 2.12. The number of nitrogens with zero attached hydrogens (tertiary/aromatic N) is 5. The number of benzene rings is 1. The van der Waals surface area contributed by atoms with Crippen LogP contribution in [0.5, 0.6) is 11.5 Å². The molecule has 146 valence electrons. The summed E-state index contributed by atoms with van der Waals surface area (Å²) in [5.74, 6) is 1.97. The Morgan fingerprint density at radius 2 is 1.83 bits per heavy atom. The SMILES string of the molecule is CN(C)c1ncc(-c2ccc3cc(Oc4ccnc(Br)c4)ccc3n2)c(=O)n1C. The molecular weight excluding hydrogens is 434 g/mol. The van der Waals surface area contributed by atoms with Crippen LogP contribution in [0.1, 0.15) is 0 Å². The van der Waals surface area contributed by atoms with Crippen molar-refractivity contribution in [2.45, 2.75) is 0 Å². The molecule has 7 nitrogen and oxygen atoms in total. The fourth-order valence-corrected chi connectivity index (χ4v) is 3.37. The quantitative estimate of drug-likeness (QED) is 0.436. The largest absolute Gasteiger partial charge is 0.457 e. The maximum Gasteiger partial charge on any atom is 0.264 e. The van der Waals surface area contributed by atoms with Crippen molar-refractivity contribution in [1.29, 1.82) is 0 Å². The molecule has 0 fully saturated rings. The molecule has 29 heavy (non-hydrogen) atoms. The van der Waals surface area contributed by atoms with Gasteiger partial charge in [-0.1, -0.05) is 6.07 Å². The molecule has 4 aromatic rings. The second-order valence-corrected chi connectivity index (χ2v) is 7.51. The Balaban J connectivity index is 1.69. The summed E-state index contributed by atoms with van der Waals surface area (Å²) in [5, 5.41) is 0.911. The lowest BCUT2D eigenvalue weighted by Gasteiger charge is -2.15. The first-order chi connectivity index (χ1) is 13.9. The molecular formula is C21H18BrN5O2. The number of aromatic nitrogens is 4. The average molecular weight is 452 g/mol. The van der Waals surface area contributed by atoms with Crippen molar-refractivity contribution in [2.75, 3.05) is 19.0 Å². The number of ether oxygens (including phenoxy) is 1. The number of anilines is 1. The van der Waals surface area contributed by atoms with E-state index in [2.05, 4.69) is 30.9 Å². The van der Waals surface area contributed by atoms with Crippen molar-refractivity contribution in [3.63, 3.8) is 0 Å². The fraction of sp³-hybridized carbons (Fsp3) is 0.143. The highest BCUT2D eigenvalue weighted by molar-refractivity contribution is 9.10. The van der Waals surface area contributed by atoms with E-state index in [-0.39, 0.29) is 5.56 Å². The zero-order chi connectivity index (χ0) is 20.5. The predicted octanol–water partition coefficient (Wildman–Crippen LogP) is 4.01. The van der Waals surface area contributed by atoms with Gasteiger partial charge in [0.25, 0.3) is 5.56 Å². The molecule has 0 aliphatic heterocycles. The molecule has 0 spiro atoms. The van der Waals surface area contributed by atoms with Crippen molar-refractivity contribution < 1.29 is 4.74 Å². The van der Waals surface area contributed by atoms with E-state index in [4.69, 9.17) is 4.74 Å². The van der Waals surface area contributed by atoms with Gasteiger partial charge in [0.1, 0.15) is 16.1 Å². The number of pyridine rings is 2. The summed E-state index contributed by atoms with van der Waals surface area (Å²) in [6, 6.07) is 13.0. The molecule has 0 bridgehead atoms. The average Bonchev–Trinajstić information content (AvgIpc) is 2.69. The van der Waals surface area contributed by atoms with Crippen molar-refractivity contribution in [1.82, 2.24) is 19.5 Å². The molecule has 0 radical (unpaired) electrons. The number of hydrogen-bond acceptors (Lipinski definition) is 6. The van der Waals surface area contributed by atoms with Crippen LogP contribution in [0.2, 0.25) is 0 Å². The first-order valence-corrected chi connectivity index (χ1v) is 9.65. The van der Waals surface area contributed by atoms with Gasteiger partial charge >= 0.3 is 0 Å².